The van der Waals surface area contributed by atoms with E-state index in [2.05, 4.69) is 15.3 Å². The summed E-state index contributed by atoms with van der Waals surface area (Å²) in [6, 6.07) is 10.5. The van der Waals surface area contributed by atoms with E-state index in [0.29, 0.717) is 34.8 Å². The maximum atomic E-state index is 12.7. The lowest BCUT2D eigenvalue weighted by Crippen LogP contribution is -2.23. The molecular weight excluding hydrogens is 364 g/mol. The molecule has 0 fully saturated rings. The minimum Gasteiger partial charge on any atom is -0.459 e. The average Bonchev–Trinajstić information content (AvgIpc) is 3.44. The van der Waals surface area contributed by atoms with Crippen LogP contribution in [0.3, 0.4) is 0 Å². The lowest BCUT2D eigenvalue weighted by Gasteiger charge is -2.09. The maximum Gasteiger partial charge on any atom is 0.437 e. The number of para-hydroxylation sites is 1. The first-order chi connectivity index (χ1) is 13.7. The highest BCUT2D eigenvalue weighted by Crippen LogP contribution is 2.17. The van der Waals surface area contributed by atoms with Gasteiger partial charge >= 0.3 is 5.76 Å². The van der Waals surface area contributed by atoms with E-state index in [4.69, 9.17) is 8.83 Å². The van der Waals surface area contributed by atoms with Crippen molar-refractivity contribution < 1.29 is 8.83 Å². The summed E-state index contributed by atoms with van der Waals surface area (Å²) < 4.78 is 14.8. The highest BCUT2D eigenvalue weighted by atomic mass is 16.4. The van der Waals surface area contributed by atoms with E-state index in [1.807, 2.05) is 19.1 Å². The van der Waals surface area contributed by atoms with Crippen molar-refractivity contribution in [3.05, 3.63) is 69.4 Å². The van der Waals surface area contributed by atoms with Crippen molar-refractivity contribution in [3.63, 3.8) is 0 Å². The average molecular weight is 378 g/mol. The molecule has 1 aromatic carbocycles. The summed E-state index contributed by atoms with van der Waals surface area (Å²) in [6.45, 7) is 2.33. The van der Waals surface area contributed by atoms with Gasteiger partial charge in [-0.1, -0.05) is 12.1 Å². The first-order valence-corrected chi connectivity index (χ1v) is 8.64. The Bertz CT molecular complexity index is 1420. The Morgan fingerprint density at radius 1 is 1.07 bits per heavy atom. The molecule has 0 unspecified atom stereocenters. The van der Waals surface area contributed by atoms with Crippen LogP contribution in [0.1, 0.15) is 12.7 Å². The molecular formula is C18H14N6O4. The van der Waals surface area contributed by atoms with Crippen LogP contribution in [-0.2, 0) is 13.1 Å². The number of aromatic nitrogens is 6. The molecule has 4 aromatic heterocycles. The zero-order valence-electron chi connectivity index (χ0n) is 14.8. The molecule has 0 atom stereocenters. The second-order valence-electron chi connectivity index (χ2n) is 6.13. The Kier molecular flexibility index (Phi) is 3.51. The third-order valence-corrected chi connectivity index (χ3v) is 4.52. The molecule has 0 bridgehead atoms. The molecule has 0 aliphatic rings. The minimum atomic E-state index is -0.642. The van der Waals surface area contributed by atoms with Crippen LogP contribution in [0, 0.1) is 0 Å². The van der Waals surface area contributed by atoms with Crippen LogP contribution in [0.25, 0.3) is 28.3 Å². The smallest absolute Gasteiger partial charge is 0.437 e. The Hall–Kier alpha value is -3.95. The van der Waals surface area contributed by atoms with Gasteiger partial charge in [0, 0.05) is 6.54 Å². The maximum absolute atomic E-state index is 12.7. The number of hydrogen-bond donors (Lipinski definition) is 0. The van der Waals surface area contributed by atoms with E-state index in [1.54, 1.807) is 33.2 Å². The van der Waals surface area contributed by atoms with Crippen molar-refractivity contribution in [2.24, 2.45) is 0 Å². The van der Waals surface area contributed by atoms with Gasteiger partial charge in [-0.15, -0.1) is 15.3 Å². The fourth-order valence-corrected chi connectivity index (χ4v) is 3.24. The van der Waals surface area contributed by atoms with Crippen molar-refractivity contribution in [2.75, 3.05) is 0 Å². The minimum absolute atomic E-state index is 0.0239. The van der Waals surface area contributed by atoms with Crippen LogP contribution in [0.5, 0.6) is 0 Å². The molecule has 0 N–H and O–H groups in total. The molecule has 140 valence electrons. The molecule has 0 saturated carbocycles. The number of nitrogens with zero attached hydrogens (tertiary/aromatic N) is 6. The summed E-state index contributed by atoms with van der Waals surface area (Å²) >= 11 is 0. The standard InChI is InChI=1S/C18H14N6O4/c1-2-22-16(25)11-6-3-4-7-12(11)24-14(19-20-17(22)24)10-23-18(26)28-15(21-23)13-8-5-9-27-13/h3-9H,2,10H2,1H3. The number of benzene rings is 1. The van der Waals surface area contributed by atoms with Gasteiger partial charge in [-0.25, -0.2) is 4.79 Å². The predicted molar refractivity (Wildman–Crippen MR) is 98.0 cm³/mol. The number of fused-ring (bicyclic) bond motifs is 3. The lowest BCUT2D eigenvalue weighted by molar-refractivity contribution is 0.474. The van der Waals surface area contributed by atoms with E-state index in [0.717, 1.165) is 4.68 Å². The van der Waals surface area contributed by atoms with Gasteiger partial charge in [0.1, 0.15) is 6.54 Å². The Labute approximate surface area is 156 Å². The Morgan fingerprint density at radius 3 is 2.71 bits per heavy atom. The van der Waals surface area contributed by atoms with E-state index in [-0.39, 0.29) is 18.0 Å². The summed E-state index contributed by atoms with van der Waals surface area (Å²) in [5, 5.41) is 13.1. The first-order valence-electron chi connectivity index (χ1n) is 8.64. The van der Waals surface area contributed by atoms with Crippen molar-refractivity contribution in [3.8, 4) is 11.7 Å². The fourth-order valence-electron chi connectivity index (χ4n) is 3.24. The van der Waals surface area contributed by atoms with Gasteiger partial charge in [-0.05, 0) is 31.2 Å². The van der Waals surface area contributed by atoms with Crippen LogP contribution in [0.4, 0.5) is 0 Å². The van der Waals surface area contributed by atoms with Crippen LogP contribution >= 0.6 is 0 Å². The monoisotopic (exact) mass is 378 g/mol. The molecule has 0 radical (unpaired) electrons. The highest BCUT2D eigenvalue weighted by molar-refractivity contribution is 5.80. The van der Waals surface area contributed by atoms with Gasteiger partial charge in [-0.2, -0.15) is 4.68 Å². The summed E-state index contributed by atoms with van der Waals surface area (Å²) in [5.74, 6) is 0.654. The molecule has 0 aliphatic heterocycles. The zero-order chi connectivity index (χ0) is 19.3. The van der Waals surface area contributed by atoms with Gasteiger partial charge in [0.05, 0.1) is 17.2 Å². The molecule has 0 aliphatic carbocycles. The van der Waals surface area contributed by atoms with Crippen LogP contribution in [0.2, 0.25) is 0 Å². The molecule has 0 spiro atoms. The van der Waals surface area contributed by atoms with Gasteiger partial charge < -0.3 is 8.83 Å². The SMILES string of the molecule is CCn1c(=O)c2ccccc2n2c(Cn3nc(-c4ccco4)oc3=O)nnc12. The van der Waals surface area contributed by atoms with E-state index < -0.39 is 5.76 Å². The molecule has 4 heterocycles. The number of aryl methyl sites for hydroxylation is 1. The van der Waals surface area contributed by atoms with Gasteiger partial charge in [0.2, 0.25) is 5.78 Å². The lowest BCUT2D eigenvalue weighted by atomic mass is 10.2. The zero-order valence-corrected chi connectivity index (χ0v) is 14.8. The Balaban J connectivity index is 1.70. The summed E-state index contributed by atoms with van der Waals surface area (Å²) in [6.07, 6.45) is 1.47. The van der Waals surface area contributed by atoms with E-state index in [1.165, 1.54) is 6.26 Å². The normalized spacial score (nSPS) is 11.6. The van der Waals surface area contributed by atoms with Gasteiger partial charge in [0.25, 0.3) is 11.4 Å². The van der Waals surface area contributed by atoms with E-state index >= 15 is 0 Å². The molecule has 10 heteroatoms. The van der Waals surface area contributed by atoms with Gasteiger partial charge in [-0.3, -0.25) is 13.8 Å². The van der Waals surface area contributed by atoms with Crippen molar-refractivity contribution in [1.82, 2.24) is 28.9 Å². The largest absolute Gasteiger partial charge is 0.459 e. The van der Waals surface area contributed by atoms with Gasteiger partial charge in [0.15, 0.2) is 11.6 Å². The fraction of sp³-hybridized carbons (Fsp3) is 0.167. The predicted octanol–water partition coefficient (Wildman–Crippen LogP) is 1.52. The van der Waals surface area contributed by atoms with Crippen LogP contribution in [0.15, 0.2) is 61.1 Å². The molecule has 28 heavy (non-hydrogen) atoms. The Morgan fingerprint density at radius 2 is 1.93 bits per heavy atom. The third-order valence-electron chi connectivity index (χ3n) is 4.52. The summed E-state index contributed by atoms with van der Waals surface area (Å²) in [5.41, 5.74) is 0.526. The molecule has 5 rings (SSSR count). The van der Waals surface area contributed by atoms with Crippen LogP contribution in [-0.4, -0.2) is 28.9 Å². The quantitative estimate of drug-likeness (QED) is 0.466. The first kappa shape index (κ1) is 16.2. The molecule has 10 nitrogen and oxygen atoms in total. The summed E-state index contributed by atoms with van der Waals surface area (Å²) in [7, 11) is 0. The van der Waals surface area contributed by atoms with E-state index in [9.17, 15) is 9.59 Å². The highest BCUT2D eigenvalue weighted by Gasteiger charge is 2.18. The number of hydrogen-bond acceptors (Lipinski definition) is 7. The molecule has 5 aromatic rings. The number of rotatable bonds is 4. The second kappa shape index (κ2) is 6.05. The number of furan rings is 1. The van der Waals surface area contributed by atoms with Crippen molar-refractivity contribution in [1.29, 1.82) is 0 Å². The second-order valence-corrected chi connectivity index (χ2v) is 6.13. The third kappa shape index (κ3) is 2.31. The topological polar surface area (TPSA) is 113 Å². The van der Waals surface area contributed by atoms with Crippen LogP contribution < -0.4 is 11.3 Å². The molecule has 0 amide bonds. The molecule has 0 saturated heterocycles. The van der Waals surface area contributed by atoms with Crippen molar-refractivity contribution in [2.45, 2.75) is 20.0 Å². The summed E-state index contributed by atoms with van der Waals surface area (Å²) in [4.78, 5) is 24.9. The van der Waals surface area contributed by atoms with Crippen molar-refractivity contribution >= 4 is 16.7 Å².